The van der Waals surface area contributed by atoms with Crippen LogP contribution in [0, 0.1) is 11.3 Å². The van der Waals surface area contributed by atoms with Gasteiger partial charge in [0.15, 0.2) is 0 Å². The number of nitrogens with two attached hydrogens (primary N) is 1. The fourth-order valence-corrected chi connectivity index (χ4v) is 1.67. The summed E-state index contributed by atoms with van der Waals surface area (Å²) in [6.45, 7) is 3.87. The Hall–Kier alpha value is -2.12. The molecule has 1 aromatic carbocycles. The van der Waals surface area contributed by atoms with Crippen LogP contribution in [0.25, 0.3) is 5.69 Å². The molecular formula is C13H14N4. The van der Waals surface area contributed by atoms with Gasteiger partial charge in [-0.15, -0.1) is 0 Å². The van der Waals surface area contributed by atoms with Crippen LogP contribution in [0.4, 0.5) is 0 Å². The number of hydrogen-bond acceptors (Lipinski definition) is 3. The van der Waals surface area contributed by atoms with Gasteiger partial charge in [0.2, 0.25) is 0 Å². The first kappa shape index (κ1) is 11.4. The molecule has 0 fully saturated rings. The van der Waals surface area contributed by atoms with Gasteiger partial charge in [-0.1, -0.05) is 0 Å². The smallest absolute Gasteiger partial charge is 0.0994 e. The SMILES string of the molecule is CC(C)(N)c1cncn1-c1ccc(C#N)cc1. The minimum absolute atomic E-state index is 0.454. The molecule has 0 atom stereocenters. The van der Waals surface area contributed by atoms with Crippen molar-refractivity contribution >= 4 is 0 Å². The lowest BCUT2D eigenvalue weighted by Crippen LogP contribution is -2.31. The second-order valence-corrected chi connectivity index (χ2v) is 4.53. The molecule has 1 heterocycles. The Morgan fingerprint density at radius 3 is 2.47 bits per heavy atom. The lowest BCUT2D eigenvalue weighted by molar-refractivity contribution is 0.524. The van der Waals surface area contributed by atoms with E-state index in [2.05, 4.69) is 11.1 Å². The van der Waals surface area contributed by atoms with E-state index in [1.54, 1.807) is 24.7 Å². The van der Waals surface area contributed by atoms with Crippen LogP contribution in [-0.2, 0) is 5.54 Å². The number of rotatable bonds is 2. The molecule has 17 heavy (non-hydrogen) atoms. The Labute approximate surface area is 100 Å². The Morgan fingerprint density at radius 1 is 1.29 bits per heavy atom. The predicted octanol–water partition coefficient (Wildman–Crippen LogP) is 1.94. The summed E-state index contributed by atoms with van der Waals surface area (Å²) in [6.07, 6.45) is 3.49. The Balaban J connectivity index is 2.47. The quantitative estimate of drug-likeness (QED) is 0.850. The number of nitrogens with zero attached hydrogens (tertiary/aromatic N) is 3. The maximum Gasteiger partial charge on any atom is 0.0994 e. The number of nitriles is 1. The first-order valence-electron chi connectivity index (χ1n) is 5.34. The Kier molecular flexibility index (Phi) is 2.70. The van der Waals surface area contributed by atoms with E-state index >= 15 is 0 Å². The highest BCUT2D eigenvalue weighted by molar-refractivity contribution is 5.41. The highest BCUT2D eigenvalue weighted by Gasteiger charge is 2.19. The largest absolute Gasteiger partial charge is 0.321 e. The normalized spacial score (nSPS) is 11.2. The zero-order valence-corrected chi connectivity index (χ0v) is 9.88. The van der Waals surface area contributed by atoms with E-state index in [0.717, 1.165) is 11.4 Å². The summed E-state index contributed by atoms with van der Waals surface area (Å²) < 4.78 is 1.93. The van der Waals surface area contributed by atoms with Crippen molar-refractivity contribution in [3.05, 3.63) is 48.0 Å². The van der Waals surface area contributed by atoms with Gasteiger partial charge in [0.25, 0.3) is 0 Å². The van der Waals surface area contributed by atoms with Crippen molar-refractivity contribution in [1.82, 2.24) is 9.55 Å². The van der Waals surface area contributed by atoms with Crippen LogP contribution < -0.4 is 5.73 Å². The highest BCUT2D eigenvalue weighted by Crippen LogP contribution is 2.20. The van der Waals surface area contributed by atoms with Crippen molar-refractivity contribution in [1.29, 1.82) is 5.26 Å². The molecule has 2 N–H and O–H groups in total. The number of imidazole rings is 1. The van der Waals surface area contributed by atoms with E-state index in [1.807, 2.05) is 30.5 Å². The third kappa shape index (κ3) is 2.19. The Bertz CT molecular complexity index is 552. The number of hydrogen-bond donors (Lipinski definition) is 1. The molecular weight excluding hydrogens is 212 g/mol. The van der Waals surface area contributed by atoms with Crippen molar-refractivity contribution in [2.24, 2.45) is 5.73 Å². The molecule has 4 heteroatoms. The van der Waals surface area contributed by atoms with Crippen molar-refractivity contribution in [2.45, 2.75) is 19.4 Å². The van der Waals surface area contributed by atoms with Gasteiger partial charge in [-0.3, -0.25) is 0 Å². The van der Waals surface area contributed by atoms with E-state index in [-0.39, 0.29) is 0 Å². The molecule has 0 amide bonds. The zero-order chi connectivity index (χ0) is 12.5. The van der Waals surface area contributed by atoms with Gasteiger partial charge < -0.3 is 10.3 Å². The molecule has 2 rings (SSSR count). The maximum absolute atomic E-state index is 8.75. The molecule has 0 unspecified atom stereocenters. The molecule has 0 radical (unpaired) electrons. The molecule has 0 aliphatic carbocycles. The minimum atomic E-state index is -0.454. The van der Waals surface area contributed by atoms with Crippen LogP contribution in [0.3, 0.4) is 0 Å². The van der Waals surface area contributed by atoms with Gasteiger partial charge in [-0.25, -0.2) is 4.98 Å². The Morgan fingerprint density at radius 2 is 1.94 bits per heavy atom. The zero-order valence-electron chi connectivity index (χ0n) is 9.88. The van der Waals surface area contributed by atoms with Gasteiger partial charge in [0.05, 0.1) is 35.4 Å². The molecule has 86 valence electrons. The van der Waals surface area contributed by atoms with Crippen molar-refractivity contribution in [3.8, 4) is 11.8 Å². The summed E-state index contributed by atoms with van der Waals surface area (Å²) in [4.78, 5) is 4.13. The van der Waals surface area contributed by atoms with E-state index in [9.17, 15) is 0 Å². The van der Waals surface area contributed by atoms with Crippen LogP contribution in [-0.4, -0.2) is 9.55 Å². The van der Waals surface area contributed by atoms with Crippen LogP contribution >= 0.6 is 0 Å². The first-order valence-corrected chi connectivity index (χ1v) is 5.34. The third-order valence-corrected chi connectivity index (χ3v) is 2.57. The lowest BCUT2D eigenvalue weighted by Gasteiger charge is -2.20. The van der Waals surface area contributed by atoms with Gasteiger partial charge in [-0.2, -0.15) is 5.26 Å². The molecule has 1 aromatic heterocycles. The van der Waals surface area contributed by atoms with Gasteiger partial charge in [-0.05, 0) is 38.1 Å². The molecule has 0 bridgehead atoms. The maximum atomic E-state index is 8.75. The summed E-state index contributed by atoms with van der Waals surface area (Å²) in [7, 11) is 0. The van der Waals surface area contributed by atoms with Gasteiger partial charge >= 0.3 is 0 Å². The molecule has 2 aromatic rings. The predicted molar refractivity (Wildman–Crippen MR) is 65.5 cm³/mol. The van der Waals surface area contributed by atoms with E-state index < -0.39 is 5.54 Å². The molecule has 0 saturated carbocycles. The van der Waals surface area contributed by atoms with Crippen LogP contribution in [0.15, 0.2) is 36.8 Å². The van der Waals surface area contributed by atoms with Gasteiger partial charge in [0.1, 0.15) is 0 Å². The number of benzene rings is 1. The van der Waals surface area contributed by atoms with Crippen molar-refractivity contribution in [2.75, 3.05) is 0 Å². The molecule has 0 saturated heterocycles. The van der Waals surface area contributed by atoms with E-state index in [1.165, 1.54) is 0 Å². The monoisotopic (exact) mass is 226 g/mol. The summed E-state index contributed by atoms with van der Waals surface area (Å²) in [5.41, 5.74) is 8.16. The highest BCUT2D eigenvalue weighted by atomic mass is 15.1. The number of aromatic nitrogens is 2. The third-order valence-electron chi connectivity index (χ3n) is 2.57. The van der Waals surface area contributed by atoms with Crippen molar-refractivity contribution < 1.29 is 0 Å². The standard InChI is InChI=1S/C13H14N4/c1-13(2,15)12-8-16-9-17(12)11-5-3-10(7-14)4-6-11/h3-6,8-9H,15H2,1-2H3. The van der Waals surface area contributed by atoms with Crippen molar-refractivity contribution in [3.63, 3.8) is 0 Å². The summed E-state index contributed by atoms with van der Waals surface area (Å²) in [5, 5.41) is 8.75. The summed E-state index contributed by atoms with van der Waals surface area (Å²) in [5.74, 6) is 0. The van der Waals surface area contributed by atoms with E-state index in [0.29, 0.717) is 5.56 Å². The average molecular weight is 226 g/mol. The second-order valence-electron chi connectivity index (χ2n) is 4.53. The first-order chi connectivity index (χ1) is 8.02. The second kappa shape index (κ2) is 4.04. The molecule has 0 aliphatic heterocycles. The van der Waals surface area contributed by atoms with Crippen LogP contribution in [0.2, 0.25) is 0 Å². The van der Waals surface area contributed by atoms with Crippen LogP contribution in [0.5, 0.6) is 0 Å². The van der Waals surface area contributed by atoms with E-state index in [4.69, 9.17) is 11.0 Å². The fraction of sp³-hybridized carbons (Fsp3) is 0.231. The van der Waals surface area contributed by atoms with Crippen LogP contribution in [0.1, 0.15) is 25.1 Å². The summed E-state index contributed by atoms with van der Waals surface area (Å²) >= 11 is 0. The lowest BCUT2D eigenvalue weighted by atomic mass is 10.0. The minimum Gasteiger partial charge on any atom is -0.321 e. The summed E-state index contributed by atoms with van der Waals surface area (Å²) in [6, 6.07) is 9.42. The molecule has 4 nitrogen and oxygen atoms in total. The van der Waals surface area contributed by atoms with Gasteiger partial charge in [0, 0.05) is 5.69 Å². The topological polar surface area (TPSA) is 67.6 Å². The fourth-order valence-electron chi connectivity index (χ4n) is 1.67. The molecule has 0 spiro atoms. The average Bonchev–Trinajstić information content (AvgIpc) is 2.78. The molecule has 0 aliphatic rings.